The summed E-state index contributed by atoms with van der Waals surface area (Å²) in [6.07, 6.45) is 1.97. The van der Waals surface area contributed by atoms with Crippen LogP contribution >= 0.6 is 0 Å². The average Bonchev–Trinajstić information content (AvgIpc) is 2.87. The average molecular weight is 575 g/mol. The summed E-state index contributed by atoms with van der Waals surface area (Å²) in [5.41, 5.74) is 4.32. The van der Waals surface area contributed by atoms with Gasteiger partial charge in [0, 0.05) is 17.2 Å². The van der Waals surface area contributed by atoms with Crippen LogP contribution in [0.25, 0.3) is 11.6 Å². The Labute approximate surface area is 243 Å². The summed E-state index contributed by atoms with van der Waals surface area (Å²) in [6.45, 7) is 22.6. The number of methoxy groups -OCH3 is 1. The molecule has 3 aromatic rings. The smallest absolute Gasteiger partial charge is 0.250 e. The Morgan fingerprint density at radius 1 is 0.650 bits per heavy atom. The van der Waals surface area contributed by atoms with Crippen LogP contribution in [0.15, 0.2) is 66.7 Å². The number of hydrogen-bond donors (Lipinski definition) is 0. The van der Waals surface area contributed by atoms with Crippen LogP contribution in [0.2, 0.25) is 36.3 Å². The largest absolute Gasteiger partial charge is 0.544 e. The van der Waals surface area contributed by atoms with Crippen LogP contribution in [0.4, 0.5) is 0 Å². The highest BCUT2D eigenvalue weighted by Crippen LogP contribution is 2.45. The van der Waals surface area contributed by atoms with Gasteiger partial charge in [-0.1, -0.05) is 65.8 Å². The molecule has 0 saturated carbocycles. The minimum Gasteiger partial charge on any atom is -0.544 e. The van der Waals surface area contributed by atoms with E-state index in [0.29, 0.717) is 0 Å². The fourth-order valence-corrected chi connectivity index (χ4v) is 6.16. The molecule has 1 aliphatic heterocycles. The van der Waals surface area contributed by atoms with E-state index in [1.165, 1.54) is 0 Å². The van der Waals surface area contributed by atoms with Gasteiger partial charge in [-0.15, -0.1) is 0 Å². The van der Waals surface area contributed by atoms with Gasteiger partial charge in [0.15, 0.2) is 0 Å². The second-order valence-corrected chi connectivity index (χ2v) is 23.3. The molecule has 0 aliphatic carbocycles. The van der Waals surface area contributed by atoms with Crippen LogP contribution in [0.3, 0.4) is 0 Å². The van der Waals surface area contributed by atoms with Crippen molar-refractivity contribution in [2.75, 3.05) is 7.11 Å². The van der Waals surface area contributed by atoms with Crippen LogP contribution in [0.1, 0.15) is 64.3 Å². The highest BCUT2D eigenvalue weighted by atomic mass is 28.4. The third-order valence-electron chi connectivity index (χ3n) is 8.79. The summed E-state index contributed by atoms with van der Waals surface area (Å²) in [5.74, 6) is 3.44. The number of benzene rings is 3. The van der Waals surface area contributed by atoms with Gasteiger partial charge in [0.25, 0.3) is 0 Å². The van der Waals surface area contributed by atoms with Gasteiger partial charge in [-0.2, -0.15) is 0 Å². The first-order valence-corrected chi connectivity index (χ1v) is 20.0. The zero-order chi connectivity index (χ0) is 29.5. The molecule has 1 heterocycles. The van der Waals surface area contributed by atoms with Gasteiger partial charge in [-0.3, -0.25) is 0 Å². The lowest BCUT2D eigenvalue weighted by Gasteiger charge is -2.37. The third-order valence-corrected chi connectivity index (χ3v) is 17.5. The first-order chi connectivity index (χ1) is 18.5. The van der Waals surface area contributed by atoms with Gasteiger partial charge in [-0.05, 0) is 89.9 Å². The molecule has 4 rings (SSSR count). The van der Waals surface area contributed by atoms with Crippen LogP contribution in [0.5, 0.6) is 23.0 Å². The molecule has 0 spiro atoms. The van der Waals surface area contributed by atoms with Crippen LogP contribution in [-0.4, -0.2) is 23.7 Å². The maximum Gasteiger partial charge on any atom is 0.250 e. The lowest BCUT2D eigenvalue weighted by molar-refractivity contribution is 0.260. The van der Waals surface area contributed by atoms with Crippen molar-refractivity contribution in [2.24, 2.45) is 0 Å². The van der Waals surface area contributed by atoms with E-state index in [1.807, 2.05) is 12.1 Å². The molecule has 0 N–H and O–H groups in total. The summed E-state index contributed by atoms with van der Waals surface area (Å²) in [4.78, 5) is 0. The summed E-state index contributed by atoms with van der Waals surface area (Å²) >= 11 is 0. The zero-order valence-electron chi connectivity index (χ0n) is 26.1. The standard InChI is InChI=1S/C34H46O4Si2/c1-33(2,3)39(8,9)37-28-19-12-24(13-20-28)30-22-26-16-21-29(38-40(10,11)34(4,5)6)23-31(26)36-32(30)25-14-17-27(35-7)18-15-25/h12-23,32H,1-11H3. The molecule has 40 heavy (non-hydrogen) atoms. The van der Waals surface area contributed by atoms with Crippen LogP contribution in [-0.2, 0) is 0 Å². The predicted molar refractivity (Wildman–Crippen MR) is 173 cm³/mol. The molecule has 1 unspecified atom stereocenters. The van der Waals surface area contributed by atoms with Gasteiger partial charge >= 0.3 is 0 Å². The monoisotopic (exact) mass is 574 g/mol. The highest BCUT2D eigenvalue weighted by molar-refractivity contribution is 6.75. The second kappa shape index (κ2) is 10.8. The van der Waals surface area contributed by atoms with E-state index in [0.717, 1.165) is 45.3 Å². The lowest BCUT2D eigenvalue weighted by atomic mass is 9.91. The van der Waals surface area contributed by atoms with Crippen molar-refractivity contribution in [2.45, 2.75) is 83.9 Å². The van der Waals surface area contributed by atoms with E-state index in [9.17, 15) is 0 Å². The molecule has 0 bridgehead atoms. The lowest BCUT2D eigenvalue weighted by Crippen LogP contribution is -2.43. The Bertz CT molecular complexity index is 1360. The molecular formula is C34H46O4Si2. The molecule has 1 aliphatic rings. The van der Waals surface area contributed by atoms with Gasteiger partial charge in [0.2, 0.25) is 16.6 Å². The topological polar surface area (TPSA) is 36.9 Å². The third kappa shape index (κ3) is 6.34. The van der Waals surface area contributed by atoms with E-state index in [1.54, 1.807) is 7.11 Å². The second-order valence-electron chi connectivity index (χ2n) is 13.8. The Hall–Kier alpha value is -2.97. The van der Waals surface area contributed by atoms with Crippen LogP contribution in [0, 0.1) is 0 Å². The molecule has 6 heteroatoms. The molecule has 0 radical (unpaired) electrons. The van der Waals surface area contributed by atoms with Crippen molar-refractivity contribution in [1.82, 2.24) is 0 Å². The molecule has 1 atom stereocenters. The Morgan fingerprint density at radius 2 is 1.15 bits per heavy atom. The van der Waals surface area contributed by atoms with Gasteiger partial charge in [-0.25, -0.2) is 0 Å². The normalized spacial score (nSPS) is 16.0. The van der Waals surface area contributed by atoms with Gasteiger partial charge in [0.05, 0.1) is 7.11 Å². The molecule has 214 valence electrons. The van der Waals surface area contributed by atoms with Crippen molar-refractivity contribution in [3.63, 3.8) is 0 Å². The fourth-order valence-electron chi connectivity index (χ4n) is 4.11. The van der Waals surface area contributed by atoms with Crippen molar-refractivity contribution < 1.29 is 18.3 Å². The van der Waals surface area contributed by atoms with Crippen molar-refractivity contribution in [3.05, 3.63) is 83.4 Å². The molecule has 3 aromatic carbocycles. The number of fused-ring (bicyclic) bond motifs is 1. The Kier molecular flexibility index (Phi) is 8.09. The van der Waals surface area contributed by atoms with Crippen molar-refractivity contribution >= 4 is 28.3 Å². The highest BCUT2D eigenvalue weighted by Gasteiger charge is 2.40. The number of hydrogen-bond acceptors (Lipinski definition) is 4. The maximum atomic E-state index is 6.76. The molecule has 0 amide bonds. The molecule has 4 nitrogen and oxygen atoms in total. The molecule has 0 fully saturated rings. The van der Waals surface area contributed by atoms with E-state index in [2.05, 4.69) is 128 Å². The Morgan fingerprint density at radius 3 is 1.68 bits per heavy atom. The maximum absolute atomic E-state index is 6.76. The quantitative estimate of drug-likeness (QED) is 0.263. The van der Waals surface area contributed by atoms with Gasteiger partial charge in [0.1, 0.15) is 29.1 Å². The molecule has 0 aromatic heterocycles. The van der Waals surface area contributed by atoms with Crippen molar-refractivity contribution in [1.29, 1.82) is 0 Å². The molecule has 0 saturated heterocycles. The SMILES string of the molecule is COc1ccc(C2Oc3cc(O[Si](C)(C)C(C)(C)C)ccc3C=C2c2ccc(O[Si](C)(C)C(C)(C)C)cc2)cc1. The van der Waals surface area contributed by atoms with Crippen molar-refractivity contribution in [3.8, 4) is 23.0 Å². The van der Waals surface area contributed by atoms with E-state index < -0.39 is 16.6 Å². The fraction of sp³-hybridized carbons (Fsp3) is 0.412. The predicted octanol–water partition coefficient (Wildman–Crippen LogP) is 10.1. The first-order valence-electron chi connectivity index (χ1n) is 14.2. The van der Waals surface area contributed by atoms with Gasteiger partial charge < -0.3 is 18.3 Å². The van der Waals surface area contributed by atoms with E-state index >= 15 is 0 Å². The Balaban J connectivity index is 1.71. The van der Waals surface area contributed by atoms with E-state index in [4.69, 9.17) is 18.3 Å². The summed E-state index contributed by atoms with van der Waals surface area (Å²) in [6, 6.07) is 22.8. The van der Waals surface area contributed by atoms with E-state index in [-0.39, 0.29) is 16.2 Å². The minimum absolute atomic E-state index is 0.114. The summed E-state index contributed by atoms with van der Waals surface area (Å²) in [5, 5.41) is 0.255. The first kappa shape index (κ1) is 30.0. The van der Waals surface area contributed by atoms with Crippen LogP contribution < -0.4 is 18.3 Å². The molecular weight excluding hydrogens is 529 g/mol. The number of rotatable bonds is 7. The summed E-state index contributed by atoms with van der Waals surface area (Å²) < 4.78 is 25.3. The minimum atomic E-state index is -1.98. The number of ether oxygens (including phenoxy) is 2. The summed E-state index contributed by atoms with van der Waals surface area (Å²) in [7, 11) is -2.21. The zero-order valence-corrected chi connectivity index (χ0v) is 28.1.